The van der Waals surface area contributed by atoms with E-state index in [0.717, 1.165) is 5.56 Å². The largest absolute Gasteiger partial charge is 0.465 e. The molecule has 1 rings (SSSR count). The van der Waals surface area contributed by atoms with Crippen LogP contribution < -0.4 is 0 Å². The molecule has 24 heavy (non-hydrogen) atoms. The lowest BCUT2D eigenvalue weighted by Gasteiger charge is -2.33. The SMILES string of the molecule is CCC(COC(C)=O)(COC(C)=O)CC(O)OCc1ccccc1. The van der Waals surface area contributed by atoms with Gasteiger partial charge in [-0.3, -0.25) is 9.59 Å². The number of carbonyl (C=O) groups excluding carboxylic acids is 2. The van der Waals surface area contributed by atoms with Crippen LogP contribution in [0.3, 0.4) is 0 Å². The molecule has 0 aliphatic carbocycles. The molecule has 0 heterocycles. The van der Waals surface area contributed by atoms with Gasteiger partial charge >= 0.3 is 11.9 Å². The lowest BCUT2D eigenvalue weighted by atomic mass is 9.83. The van der Waals surface area contributed by atoms with Crippen LogP contribution >= 0.6 is 0 Å². The minimum absolute atomic E-state index is 0.0534. The molecule has 1 N–H and O–H groups in total. The third-order valence-corrected chi connectivity index (χ3v) is 3.81. The average molecular weight is 338 g/mol. The fraction of sp³-hybridized carbons (Fsp3) is 0.556. The van der Waals surface area contributed by atoms with E-state index in [1.54, 1.807) is 0 Å². The van der Waals surface area contributed by atoms with E-state index in [0.29, 0.717) is 6.42 Å². The van der Waals surface area contributed by atoms with E-state index in [1.165, 1.54) is 13.8 Å². The monoisotopic (exact) mass is 338 g/mol. The van der Waals surface area contributed by atoms with E-state index in [9.17, 15) is 14.7 Å². The summed E-state index contributed by atoms with van der Waals surface area (Å²) in [5.74, 6) is -0.842. The van der Waals surface area contributed by atoms with Crippen LogP contribution in [-0.2, 0) is 30.4 Å². The highest BCUT2D eigenvalue weighted by Crippen LogP contribution is 2.30. The van der Waals surface area contributed by atoms with E-state index >= 15 is 0 Å². The molecule has 0 saturated heterocycles. The van der Waals surface area contributed by atoms with Crippen molar-refractivity contribution in [2.75, 3.05) is 13.2 Å². The zero-order chi connectivity index (χ0) is 18.0. The third-order valence-electron chi connectivity index (χ3n) is 3.81. The Hall–Kier alpha value is -1.92. The summed E-state index contributed by atoms with van der Waals surface area (Å²) in [6.07, 6.45) is -0.313. The second-order valence-corrected chi connectivity index (χ2v) is 5.87. The number of hydrogen-bond donors (Lipinski definition) is 1. The van der Waals surface area contributed by atoms with Crippen molar-refractivity contribution < 1.29 is 28.9 Å². The van der Waals surface area contributed by atoms with Gasteiger partial charge in [0.25, 0.3) is 0 Å². The molecular formula is C18H26O6. The Morgan fingerprint density at radius 2 is 1.62 bits per heavy atom. The number of esters is 2. The molecule has 0 radical (unpaired) electrons. The van der Waals surface area contributed by atoms with Crippen molar-refractivity contribution >= 4 is 11.9 Å². The first-order valence-electron chi connectivity index (χ1n) is 7.97. The minimum atomic E-state index is -1.06. The molecule has 1 unspecified atom stereocenters. The van der Waals surface area contributed by atoms with Gasteiger partial charge in [0.2, 0.25) is 0 Å². The van der Waals surface area contributed by atoms with Gasteiger partial charge in [0.1, 0.15) is 13.2 Å². The van der Waals surface area contributed by atoms with E-state index in [-0.39, 0.29) is 26.2 Å². The number of rotatable bonds is 10. The van der Waals surface area contributed by atoms with Gasteiger partial charge in [-0.25, -0.2) is 0 Å². The number of hydrogen-bond acceptors (Lipinski definition) is 6. The first-order valence-corrected chi connectivity index (χ1v) is 7.97. The van der Waals surface area contributed by atoms with Gasteiger partial charge in [0.15, 0.2) is 6.29 Å². The summed E-state index contributed by atoms with van der Waals surface area (Å²) < 4.78 is 15.7. The lowest BCUT2D eigenvalue weighted by Crippen LogP contribution is -2.37. The molecule has 6 nitrogen and oxygen atoms in total. The predicted octanol–water partition coefficient (Wildman–Crippen LogP) is 2.43. The normalized spacial score (nSPS) is 12.5. The smallest absolute Gasteiger partial charge is 0.302 e. The van der Waals surface area contributed by atoms with Crippen LogP contribution in [0.5, 0.6) is 0 Å². The summed E-state index contributed by atoms with van der Waals surface area (Å²) in [6, 6.07) is 9.49. The van der Waals surface area contributed by atoms with Crippen LogP contribution in [0.15, 0.2) is 30.3 Å². The van der Waals surface area contributed by atoms with Crippen LogP contribution in [-0.4, -0.2) is 36.5 Å². The number of benzene rings is 1. The molecule has 0 saturated carbocycles. The zero-order valence-corrected chi connectivity index (χ0v) is 14.5. The Bertz CT molecular complexity index is 496. The van der Waals surface area contributed by atoms with Crippen LogP contribution in [0, 0.1) is 5.41 Å². The quantitative estimate of drug-likeness (QED) is 0.521. The van der Waals surface area contributed by atoms with Gasteiger partial charge < -0.3 is 19.3 Å². The summed E-state index contributed by atoms with van der Waals surface area (Å²) in [5, 5.41) is 10.2. The summed E-state index contributed by atoms with van der Waals surface area (Å²) in [6.45, 7) is 4.89. The Morgan fingerprint density at radius 1 is 1.08 bits per heavy atom. The maximum atomic E-state index is 11.1. The number of aliphatic hydroxyl groups excluding tert-OH is 1. The number of ether oxygens (including phenoxy) is 3. The van der Waals surface area contributed by atoms with E-state index in [4.69, 9.17) is 14.2 Å². The fourth-order valence-corrected chi connectivity index (χ4v) is 2.21. The fourth-order valence-electron chi connectivity index (χ4n) is 2.21. The van der Waals surface area contributed by atoms with Crippen molar-refractivity contribution in [1.82, 2.24) is 0 Å². The second kappa shape index (κ2) is 10.1. The Labute approximate surface area is 142 Å². The van der Waals surface area contributed by atoms with Gasteiger partial charge in [-0.15, -0.1) is 0 Å². The highest BCUT2D eigenvalue weighted by molar-refractivity contribution is 5.66. The maximum absolute atomic E-state index is 11.1. The highest BCUT2D eigenvalue weighted by Gasteiger charge is 2.34. The highest BCUT2D eigenvalue weighted by atomic mass is 16.6. The standard InChI is InChI=1S/C18H26O6/c1-4-18(12-23-14(2)19,13-24-15(3)20)10-17(21)22-11-16-8-6-5-7-9-16/h5-9,17,21H,4,10-13H2,1-3H3. The van der Waals surface area contributed by atoms with Crippen molar-refractivity contribution in [2.24, 2.45) is 5.41 Å². The van der Waals surface area contributed by atoms with Gasteiger partial charge in [0, 0.05) is 25.7 Å². The molecule has 0 fully saturated rings. The average Bonchev–Trinajstić information content (AvgIpc) is 2.56. The summed E-state index contributed by atoms with van der Waals surface area (Å²) in [5.41, 5.74) is 0.256. The maximum Gasteiger partial charge on any atom is 0.302 e. The van der Waals surface area contributed by atoms with Crippen LogP contribution in [0.25, 0.3) is 0 Å². The van der Waals surface area contributed by atoms with Crippen LogP contribution in [0.2, 0.25) is 0 Å². The first-order chi connectivity index (χ1) is 11.4. The van der Waals surface area contributed by atoms with Crippen molar-refractivity contribution in [3.8, 4) is 0 Å². The number of aliphatic hydroxyl groups is 1. The molecule has 6 heteroatoms. The molecule has 1 aromatic carbocycles. The Balaban J connectivity index is 2.66. The van der Waals surface area contributed by atoms with Crippen LogP contribution in [0.4, 0.5) is 0 Å². The van der Waals surface area contributed by atoms with Crippen molar-refractivity contribution in [3.63, 3.8) is 0 Å². The topological polar surface area (TPSA) is 82.1 Å². The molecule has 1 atom stereocenters. The summed E-state index contributed by atoms with van der Waals surface area (Å²) in [7, 11) is 0. The van der Waals surface area contributed by atoms with Gasteiger partial charge in [0.05, 0.1) is 6.61 Å². The first kappa shape index (κ1) is 20.1. The molecule has 0 bridgehead atoms. The Kier molecular flexibility index (Phi) is 8.43. The Morgan fingerprint density at radius 3 is 2.08 bits per heavy atom. The molecule has 1 aromatic rings. The molecule has 0 aromatic heterocycles. The van der Waals surface area contributed by atoms with Gasteiger partial charge in [-0.05, 0) is 12.0 Å². The molecule has 0 spiro atoms. The van der Waals surface area contributed by atoms with Gasteiger partial charge in [-0.2, -0.15) is 0 Å². The van der Waals surface area contributed by atoms with Crippen molar-refractivity contribution in [3.05, 3.63) is 35.9 Å². The number of carbonyl (C=O) groups is 2. The molecule has 0 aliphatic heterocycles. The molecule has 0 aliphatic rings. The van der Waals surface area contributed by atoms with E-state index in [2.05, 4.69) is 0 Å². The molecular weight excluding hydrogens is 312 g/mol. The van der Waals surface area contributed by atoms with E-state index < -0.39 is 23.6 Å². The molecule has 134 valence electrons. The third kappa shape index (κ3) is 7.57. The summed E-state index contributed by atoms with van der Waals surface area (Å²) in [4.78, 5) is 22.2. The van der Waals surface area contributed by atoms with Crippen LogP contribution in [0.1, 0.15) is 39.2 Å². The summed E-state index contributed by atoms with van der Waals surface area (Å²) >= 11 is 0. The predicted molar refractivity (Wildman–Crippen MR) is 87.8 cm³/mol. The molecule has 0 amide bonds. The van der Waals surface area contributed by atoms with Crippen molar-refractivity contribution in [2.45, 2.75) is 46.5 Å². The van der Waals surface area contributed by atoms with E-state index in [1.807, 2.05) is 37.3 Å². The van der Waals surface area contributed by atoms with Gasteiger partial charge in [-0.1, -0.05) is 37.3 Å². The van der Waals surface area contributed by atoms with Crippen molar-refractivity contribution in [1.29, 1.82) is 0 Å². The lowest BCUT2D eigenvalue weighted by molar-refractivity contribution is -0.167. The minimum Gasteiger partial charge on any atom is -0.465 e. The zero-order valence-electron chi connectivity index (χ0n) is 14.5. The second-order valence-electron chi connectivity index (χ2n) is 5.87.